The Kier molecular flexibility index (Phi) is 3.79. The summed E-state index contributed by atoms with van der Waals surface area (Å²) in [6, 6.07) is 4.04. The Morgan fingerprint density at radius 1 is 1.21 bits per heavy atom. The molecule has 0 spiro atoms. The zero-order chi connectivity index (χ0) is 10.0. The molecule has 1 aromatic rings. The van der Waals surface area contributed by atoms with E-state index < -0.39 is 11.7 Å². The molecule has 5 nitrogen and oxygen atoms in total. The highest BCUT2D eigenvalue weighted by Crippen LogP contribution is 2.22. The van der Waals surface area contributed by atoms with Gasteiger partial charge in [0.15, 0.2) is 5.78 Å². The molecule has 0 aliphatic rings. The third kappa shape index (κ3) is 2.08. The van der Waals surface area contributed by atoms with E-state index in [1.165, 1.54) is 25.1 Å². The molecule has 0 aliphatic carbocycles. The SMILES string of the molecule is CC(=O)c1cccc(C(=O)O)c1O.N. The minimum Gasteiger partial charge on any atom is -0.506 e. The van der Waals surface area contributed by atoms with Gasteiger partial charge in [-0.05, 0) is 19.1 Å². The first-order valence-corrected chi connectivity index (χ1v) is 3.60. The molecule has 1 rings (SSSR count). The van der Waals surface area contributed by atoms with Crippen LogP contribution in [0.5, 0.6) is 5.75 Å². The van der Waals surface area contributed by atoms with E-state index in [0.717, 1.165) is 0 Å². The Hall–Kier alpha value is -1.88. The van der Waals surface area contributed by atoms with Crippen LogP contribution in [0.3, 0.4) is 0 Å². The molecule has 0 amide bonds. The van der Waals surface area contributed by atoms with Gasteiger partial charge < -0.3 is 16.4 Å². The molecule has 0 fully saturated rings. The fourth-order valence-corrected chi connectivity index (χ4v) is 1.00. The van der Waals surface area contributed by atoms with Gasteiger partial charge >= 0.3 is 5.97 Å². The quantitative estimate of drug-likeness (QED) is 0.621. The minimum atomic E-state index is -1.25. The van der Waals surface area contributed by atoms with Gasteiger partial charge in [-0.15, -0.1) is 0 Å². The number of phenols is 1. The minimum absolute atomic E-state index is 0. The van der Waals surface area contributed by atoms with Crippen LogP contribution in [0, 0.1) is 0 Å². The van der Waals surface area contributed by atoms with Gasteiger partial charge in [0.2, 0.25) is 0 Å². The van der Waals surface area contributed by atoms with Crippen LogP contribution in [0.2, 0.25) is 0 Å². The van der Waals surface area contributed by atoms with Crippen molar-refractivity contribution >= 4 is 11.8 Å². The van der Waals surface area contributed by atoms with Crippen LogP contribution < -0.4 is 6.15 Å². The van der Waals surface area contributed by atoms with Crippen molar-refractivity contribution in [1.82, 2.24) is 6.15 Å². The number of benzene rings is 1. The van der Waals surface area contributed by atoms with Crippen molar-refractivity contribution < 1.29 is 19.8 Å². The highest BCUT2D eigenvalue weighted by atomic mass is 16.4. The molecule has 0 atom stereocenters. The van der Waals surface area contributed by atoms with E-state index in [0.29, 0.717) is 0 Å². The van der Waals surface area contributed by atoms with E-state index in [9.17, 15) is 14.7 Å². The van der Waals surface area contributed by atoms with Crippen LogP contribution in [-0.4, -0.2) is 22.0 Å². The summed E-state index contributed by atoms with van der Waals surface area (Å²) >= 11 is 0. The number of carbonyl (C=O) groups is 2. The van der Waals surface area contributed by atoms with Crippen molar-refractivity contribution in [2.75, 3.05) is 0 Å². The molecule has 0 saturated heterocycles. The summed E-state index contributed by atoms with van der Waals surface area (Å²) in [7, 11) is 0. The second-order valence-corrected chi connectivity index (χ2v) is 2.56. The van der Waals surface area contributed by atoms with E-state index in [1.54, 1.807) is 0 Å². The van der Waals surface area contributed by atoms with Crippen LogP contribution in [0.1, 0.15) is 27.6 Å². The first kappa shape index (κ1) is 12.1. The van der Waals surface area contributed by atoms with Gasteiger partial charge in [-0.3, -0.25) is 4.79 Å². The first-order valence-electron chi connectivity index (χ1n) is 3.60. The summed E-state index contributed by atoms with van der Waals surface area (Å²) in [6.45, 7) is 1.26. The maximum Gasteiger partial charge on any atom is 0.339 e. The van der Waals surface area contributed by atoms with Crippen molar-refractivity contribution in [2.45, 2.75) is 6.92 Å². The Morgan fingerprint density at radius 3 is 2.14 bits per heavy atom. The Bertz CT molecular complexity index is 341. The van der Waals surface area contributed by atoms with E-state index in [1.807, 2.05) is 0 Å². The van der Waals surface area contributed by atoms with Crippen LogP contribution in [0.4, 0.5) is 0 Å². The summed E-state index contributed by atoms with van der Waals surface area (Å²) in [5.74, 6) is -2.08. The average Bonchev–Trinajstić information content (AvgIpc) is 2.03. The number of aromatic carboxylic acids is 1. The molecule has 0 unspecified atom stereocenters. The average molecular weight is 197 g/mol. The zero-order valence-corrected chi connectivity index (χ0v) is 7.65. The van der Waals surface area contributed by atoms with Gasteiger partial charge in [-0.1, -0.05) is 6.07 Å². The van der Waals surface area contributed by atoms with E-state index >= 15 is 0 Å². The van der Waals surface area contributed by atoms with Gasteiger partial charge in [0.1, 0.15) is 11.3 Å². The van der Waals surface area contributed by atoms with E-state index in [-0.39, 0.29) is 23.1 Å². The number of aromatic hydroxyl groups is 1. The molecule has 0 heterocycles. The van der Waals surface area contributed by atoms with Crippen molar-refractivity contribution in [1.29, 1.82) is 0 Å². The highest BCUT2D eigenvalue weighted by Gasteiger charge is 2.14. The second kappa shape index (κ2) is 4.38. The van der Waals surface area contributed by atoms with Crippen molar-refractivity contribution in [3.8, 4) is 5.75 Å². The summed E-state index contributed by atoms with van der Waals surface area (Å²) in [6.07, 6.45) is 0. The Morgan fingerprint density at radius 2 is 1.71 bits per heavy atom. The predicted octanol–water partition coefficient (Wildman–Crippen LogP) is 1.45. The predicted molar refractivity (Wildman–Crippen MR) is 50.1 cm³/mol. The number of hydrogen-bond donors (Lipinski definition) is 3. The molecule has 0 radical (unpaired) electrons. The van der Waals surface area contributed by atoms with E-state index in [2.05, 4.69) is 0 Å². The standard InChI is InChI=1S/C9H8O4.H3N/c1-5(10)6-3-2-4-7(8(6)11)9(12)13;/h2-4,11H,1H3,(H,12,13);1H3. The molecular weight excluding hydrogens is 186 g/mol. The molecule has 1 aromatic carbocycles. The van der Waals surface area contributed by atoms with Gasteiger partial charge in [-0.25, -0.2) is 4.79 Å². The molecule has 0 aliphatic heterocycles. The fourth-order valence-electron chi connectivity index (χ4n) is 1.00. The van der Waals surface area contributed by atoms with Crippen molar-refractivity contribution in [3.63, 3.8) is 0 Å². The molecule has 0 bridgehead atoms. The molecule has 76 valence electrons. The van der Waals surface area contributed by atoms with Crippen LogP contribution >= 0.6 is 0 Å². The maximum atomic E-state index is 10.9. The molecule has 5 N–H and O–H groups in total. The highest BCUT2D eigenvalue weighted by molar-refractivity contribution is 6.01. The zero-order valence-electron chi connectivity index (χ0n) is 7.65. The van der Waals surface area contributed by atoms with Gasteiger partial charge in [0.25, 0.3) is 0 Å². The number of ketones is 1. The second-order valence-electron chi connectivity index (χ2n) is 2.56. The fraction of sp³-hybridized carbons (Fsp3) is 0.111. The third-order valence-corrected chi connectivity index (χ3v) is 1.65. The van der Waals surface area contributed by atoms with Crippen molar-refractivity contribution in [2.24, 2.45) is 0 Å². The van der Waals surface area contributed by atoms with Crippen molar-refractivity contribution in [3.05, 3.63) is 29.3 Å². The molecule has 0 aromatic heterocycles. The monoisotopic (exact) mass is 197 g/mol. The normalized spacial score (nSPS) is 8.93. The number of rotatable bonds is 2. The number of Topliss-reactive ketones (excluding diaryl/α,β-unsaturated/α-hetero) is 1. The molecule has 0 saturated carbocycles. The smallest absolute Gasteiger partial charge is 0.339 e. The van der Waals surface area contributed by atoms with Gasteiger partial charge in [0.05, 0.1) is 5.56 Å². The number of para-hydroxylation sites is 1. The Balaban J connectivity index is 0.00000169. The lowest BCUT2D eigenvalue weighted by molar-refractivity contribution is 0.0693. The summed E-state index contributed by atoms with van der Waals surface area (Å²) < 4.78 is 0. The number of hydrogen-bond acceptors (Lipinski definition) is 4. The number of carboxylic acid groups (broad SMARTS) is 1. The summed E-state index contributed by atoms with van der Waals surface area (Å²) in [4.78, 5) is 21.4. The summed E-state index contributed by atoms with van der Waals surface area (Å²) in [5, 5.41) is 17.9. The number of carbonyl (C=O) groups excluding carboxylic acids is 1. The lowest BCUT2D eigenvalue weighted by Gasteiger charge is -2.02. The van der Waals surface area contributed by atoms with Crippen LogP contribution in [0.15, 0.2) is 18.2 Å². The third-order valence-electron chi connectivity index (χ3n) is 1.65. The number of carboxylic acids is 1. The largest absolute Gasteiger partial charge is 0.506 e. The topological polar surface area (TPSA) is 110 Å². The van der Waals surface area contributed by atoms with Gasteiger partial charge in [0, 0.05) is 0 Å². The van der Waals surface area contributed by atoms with E-state index in [4.69, 9.17) is 5.11 Å². The Labute approximate surface area is 80.6 Å². The lowest BCUT2D eigenvalue weighted by atomic mass is 10.1. The molecule has 5 heteroatoms. The first-order chi connectivity index (χ1) is 6.04. The van der Waals surface area contributed by atoms with Crippen LogP contribution in [0.25, 0.3) is 0 Å². The molecular formula is C9H11NO4. The van der Waals surface area contributed by atoms with Gasteiger partial charge in [-0.2, -0.15) is 0 Å². The van der Waals surface area contributed by atoms with Crippen LogP contribution in [-0.2, 0) is 0 Å². The molecule has 14 heavy (non-hydrogen) atoms. The lowest BCUT2D eigenvalue weighted by Crippen LogP contribution is -2.01. The summed E-state index contributed by atoms with van der Waals surface area (Å²) in [5.41, 5.74) is -0.229. The maximum absolute atomic E-state index is 10.9.